The molecule has 2 aliphatic heterocycles. The highest BCUT2D eigenvalue weighted by Gasteiger charge is 2.32. The number of amides is 2. The number of ether oxygens (including phenoxy) is 2. The summed E-state index contributed by atoms with van der Waals surface area (Å²) >= 11 is 0. The van der Waals surface area contributed by atoms with Crippen molar-refractivity contribution in [2.45, 2.75) is 32.4 Å². The van der Waals surface area contributed by atoms with Gasteiger partial charge in [-0.1, -0.05) is 30.3 Å². The number of urea groups is 1. The van der Waals surface area contributed by atoms with Gasteiger partial charge in [-0.25, -0.2) is 4.79 Å². The summed E-state index contributed by atoms with van der Waals surface area (Å²) < 4.78 is 11.2. The molecule has 0 aromatic heterocycles. The van der Waals surface area contributed by atoms with E-state index in [9.17, 15) is 4.79 Å². The number of carbonyl (C=O) groups is 1. The van der Waals surface area contributed by atoms with E-state index in [1.54, 1.807) is 0 Å². The Morgan fingerprint density at radius 3 is 2.69 bits per heavy atom. The largest absolute Gasteiger partial charge is 0.486 e. The van der Waals surface area contributed by atoms with Gasteiger partial charge >= 0.3 is 6.03 Å². The van der Waals surface area contributed by atoms with Crippen LogP contribution < -0.4 is 14.8 Å². The Hall–Kier alpha value is -2.73. The van der Waals surface area contributed by atoms with Gasteiger partial charge in [-0.15, -0.1) is 0 Å². The minimum Gasteiger partial charge on any atom is -0.486 e. The Balaban J connectivity index is 1.39. The fraction of sp³-hybridized carbons (Fsp3) is 0.435. The maximum absolute atomic E-state index is 13.0. The summed E-state index contributed by atoms with van der Waals surface area (Å²) in [6, 6.07) is 16.6. The normalized spacial score (nSPS) is 19.6. The summed E-state index contributed by atoms with van der Waals surface area (Å²) in [5, 5.41) is 3.03. The third kappa shape index (κ3) is 4.32. The van der Waals surface area contributed by atoms with E-state index in [-0.39, 0.29) is 12.1 Å². The van der Waals surface area contributed by atoms with Gasteiger partial charge in [0, 0.05) is 43.5 Å². The molecule has 2 atom stereocenters. The van der Waals surface area contributed by atoms with Crippen LogP contribution in [-0.2, 0) is 0 Å². The van der Waals surface area contributed by atoms with E-state index < -0.39 is 0 Å². The van der Waals surface area contributed by atoms with Gasteiger partial charge in [0.25, 0.3) is 0 Å². The quantitative estimate of drug-likeness (QED) is 0.826. The van der Waals surface area contributed by atoms with Crippen molar-refractivity contribution >= 4 is 11.7 Å². The van der Waals surface area contributed by atoms with Gasteiger partial charge < -0.3 is 19.7 Å². The SMILES string of the molecule is CCN(C(=O)Nc1ccc2c(c1)OCCO2)[C@H]1CCN([C@@H](C)c2ccccc2)C1. The molecule has 0 saturated carbocycles. The molecular formula is C23H29N3O3. The van der Waals surface area contributed by atoms with Crippen molar-refractivity contribution in [1.82, 2.24) is 9.80 Å². The summed E-state index contributed by atoms with van der Waals surface area (Å²) in [7, 11) is 0. The van der Waals surface area contributed by atoms with Gasteiger partial charge in [-0.2, -0.15) is 0 Å². The van der Waals surface area contributed by atoms with E-state index in [1.807, 2.05) is 36.1 Å². The highest BCUT2D eigenvalue weighted by Crippen LogP contribution is 2.33. The van der Waals surface area contributed by atoms with Crippen LogP contribution in [0.15, 0.2) is 48.5 Å². The zero-order valence-corrected chi connectivity index (χ0v) is 17.1. The van der Waals surface area contributed by atoms with Crippen LogP contribution in [0, 0.1) is 0 Å². The first-order chi connectivity index (χ1) is 14.2. The summed E-state index contributed by atoms with van der Waals surface area (Å²) in [6.45, 7) is 7.92. The lowest BCUT2D eigenvalue weighted by atomic mass is 10.1. The second kappa shape index (κ2) is 8.74. The number of anilines is 1. The first kappa shape index (κ1) is 19.6. The molecule has 1 fully saturated rings. The van der Waals surface area contributed by atoms with Crippen LogP contribution in [0.1, 0.15) is 31.9 Å². The molecule has 1 saturated heterocycles. The predicted octanol–water partition coefficient (Wildman–Crippen LogP) is 4.15. The minimum absolute atomic E-state index is 0.0663. The van der Waals surface area contributed by atoms with Crippen LogP contribution >= 0.6 is 0 Å². The Labute approximate surface area is 172 Å². The number of nitrogens with zero attached hydrogens (tertiary/aromatic N) is 2. The maximum atomic E-state index is 13.0. The lowest BCUT2D eigenvalue weighted by Gasteiger charge is -2.30. The average Bonchev–Trinajstić information content (AvgIpc) is 3.24. The van der Waals surface area contributed by atoms with Gasteiger partial charge in [0.2, 0.25) is 0 Å². The predicted molar refractivity (Wildman–Crippen MR) is 114 cm³/mol. The average molecular weight is 396 g/mol. The molecule has 2 aromatic rings. The zero-order chi connectivity index (χ0) is 20.2. The van der Waals surface area contributed by atoms with Crippen molar-refractivity contribution in [3.05, 3.63) is 54.1 Å². The fourth-order valence-corrected chi connectivity index (χ4v) is 4.20. The molecule has 4 rings (SSSR count). The lowest BCUT2D eigenvalue weighted by Crippen LogP contribution is -2.44. The van der Waals surface area contributed by atoms with Gasteiger partial charge in [-0.3, -0.25) is 4.90 Å². The first-order valence-electron chi connectivity index (χ1n) is 10.4. The molecule has 2 amide bonds. The van der Waals surface area contributed by atoms with Gasteiger partial charge in [0.15, 0.2) is 11.5 Å². The van der Waals surface area contributed by atoms with Crippen LogP contribution in [0.2, 0.25) is 0 Å². The molecule has 6 nitrogen and oxygen atoms in total. The third-order valence-electron chi connectivity index (χ3n) is 5.86. The molecule has 6 heteroatoms. The molecular weight excluding hydrogens is 366 g/mol. The van der Waals surface area contributed by atoms with E-state index in [1.165, 1.54) is 5.56 Å². The van der Waals surface area contributed by atoms with Crippen molar-refractivity contribution in [1.29, 1.82) is 0 Å². The molecule has 29 heavy (non-hydrogen) atoms. The van der Waals surface area contributed by atoms with Crippen molar-refractivity contribution in [3.8, 4) is 11.5 Å². The van der Waals surface area contributed by atoms with Crippen molar-refractivity contribution < 1.29 is 14.3 Å². The first-order valence-corrected chi connectivity index (χ1v) is 10.4. The number of fused-ring (bicyclic) bond motifs is 1. The molecule has 2 aliphatic rings. The molecule has 154 valence electrons. The second-order valence-corrected chi connectivity index (χ2v) is 7.60. The number of likely N-dealkylation sites (N-methyl/N-ethyl adjacent to an activating group) is 1. The van der Waals surface area contributed by atoms with Gasteiger partial charge in [0.1, 0.15) is 13.2 Å². The molecule has 0 spiro atoms. The number of rotatable bonds is 5. The molecule has 2 aromatic carbocycles. The summed E-state index contributed by atoms with van der Waals surface area (Å²) in [5.41, 5.74) is 2.04. The minimum atomic E-state index is -0.0663. The van der Waals surface area contributed by atoms with E-state index >= 15 is 0 Å². The number of nitrogens with one attached hydrogen (secondary N) is 1. The summed E-state index contributed by atoms with van der Waals surface area (Å²) in [6.07, 6.45) is 0.986. The van der Waals surface area contributed by atoms with Crippen LogP contribution in [0.5, 0.6) is 11.5 Å². The number of carbonyl (C=O) groups excluding carboxylic acids is 1. The smallest absolute Gasteiger partial charge is 0.322 e. The van der Waals surface area contributed by atoms with Crippen LogP contribution in [0.4, 0.5) is 10.5 Å². The van der Waals surface area contributed by atoms with Crippen molar-refractivity contribution in [3.63, 3.8) is 0 Å². The fourth-order valence-electron chi connectivity index (χ4n) is 4.20. The number of likely N-dealkylation sites (tertiary alicyclic amines) is 1. The highest BCUT2D eigenvalue weighted by molar-refractivity contribution is 5.90. The zero-order valence-electron chi connectivity index (χ0n) is 17.1. The van der Waals surface area contributed by atoms with E-state index in [0.29, 0.717) is 31.5 Å². The topological polar surface area (TPSA) is 54.0 Å². The Morgan fingerprint density at radius 2 is 1.93 bits per heavy atom. The Kier molecular flexibility index (Phi) is 5.90. The van der Waals surface area contributed by atoms with Crippen molar-refractivity contribution in [2.75, 3.05) is 38.2 Å². The Bertz CT molecular complexity index is 843. The molecule has 1 N–H and O–H groups in total. The van der Waals surface area contributed by atoms with Crippen LogP contribution in [0.25, 0.3) is 0 Å². The van der Waals surface area contributed by atoms with Gasteiger partial charge in [-0.05, 0) is 38.0 Å². The summed E-state index contributed by atoms with van der Waals surface area (Å²) in [5.74, 6) is 1.41. The van der Waals surface area contributed by atoms with E-state index in [0.717, 1.165) is 30.9 Å². The van der Waals surface area contributed by atoms with Crippen LogP contribution in [-0.4, -0.2) is 54.7 Å². The highest BCUT2D eigenvalue weighted by atomic mass is 16.6. The lowest BCUT2D eigenvalue weighted by molar-refractivity contribution is 0.171. The maximum Gasteiger partial charge on any atom is 0.322 e. The van der Waals surface area contributed by atoms with E-state index in [2.05, 4.69) is 41.4 Å². The monoisotopic (exact) mass is 395 g/mol. The molecule has 2 heterocycles. The number of hydrogen-bond donors (Lipinski definition) is 1. The Morgan fingerprint density at radius 1 is 1.17 bits per heavy atom. The van der Waals surface area contributed by atoms with Crippen LogP contribution in [0.3, 0.4) is 0 Å². The van der Waals surface area contributed by atoms with Gasteiger partial charge in [0.05, 0.1) is 0 Å². The standard InChI is InChI=1S/C23H29N3O3/c1-3-26(20-11-12-25(16-20)17(2)18-7-5-4-6-8-18)23(27)24-19-9-10-21-22(15-19)29-14-13-28-21/h4-10,15,17,20H,3,11-14,16H2,1-2H3,(H,24,27)/t17-,20-/m0/s1. The van der Waals surface area contributed by atoms with E-state index in [4.69, 9.17) is 9.47 Å². The van der Waals surface area contributed by atoms with Crippen molar-refractivity contribution in [2.24, 2.45) is 0 Å². The molecule has 0 aliphatic carbocycles. The molecule has 0 bridgehead atoms. The third-order valence-corrected chi connectivity index (χ3v) is 5.86. The molecule has 0 radical (unpaired) electrons. The number of benzene rings is 2. The molecule has 0 unspecified atom stereocenters. The second-order valence-electron chi connectivity index (χ2n) is 7.60. The summed E-state index contributed by atoms with van der Waals surface area (Å²) in [4.78, 5) is 17.4. The number of hydrogen-bond acceptors (Lipinski definition) is 4.